The standard InChI is InChI=1S/C12H14N6S2/c1-6-9(19-8(5-13)14-6)11-17-18-10(7-3-2-4-7)15-16-12(18)20-11/h7H,2-5,13H2,1H3. The summed E-state index contributed by atoms with van der Waals surface area (Å²) >= 11 is 3.18. The highest BCUT2D eigenvalue weighted by Gasteiger charge is 2.26. The van der Waals surface area contributed by atoms with Gasteiger partial charge in [0.2, 0.25) is 4.96 Å². The van der Waals surface area contributed by atoms with Crippen LogP contribution in [0.3, 0.4) is 0 Å². The fourth-order valence-corrected chi connectivity index (χ4v) is 4.29. The van der Waals surface area contributed by atoms with Crippen molar-refractivity contribution < 1.29 is 0 Å². The predicted octanol–water partition coefficient (Wildman–Crippen LogP) is 2.34. The Bertz CT molecular complexity index is 766. The molecule has 1 fully saturated rings. The smallest absolute Gasteiger partial charge is 0.235 e. The molecule has 0 aliphatic heterocycles. The van der Waals surface area contributed by atoms with Crippen LogP contribution in [0, 0.1) is 6.92 Å². The quantitative estimate of drug-likeness (QED) is 0.803. The van der Waals surface area contributed by atoms with Crippen LogP contribution in [-0.2, 0) is 6.54 Å². The number of hydrogen-bond acceptors (Lipinski definition) is 7. The highest BCUT2D eigenvalue weighted by atomic mass is 32.1. The lowest BCUT2D eigenvalue weighted by Crippen LogP contribution is -2.12. The molecular formula is C12H14N6S2. The molecule has 3 aromatic rings. The summed E-state index contributed by atoms with van der Waals surface area (Å²) in [7, 11) is 0. The second-order valence-corrected chi connectivity index (χ2v) is 7.05. The summed E-state index contributed by atoms with van der Waals surface area (Å²) in [4.78, 5) is 6.42. The predicted molar refractivity (Wildman–Crippen MR) is 79.0 cm³/mol. The minimum Gasteiger partial charge on any atom is -0.325 e. The van der Waals surface area contributed by atoms with E-state index in [-0.39, 0.29) is 0 Å². The van der Waals surface area contributed by atoms with Crippen molar-refractivity contribution in [2.24, 2.45) is 5.73 Å². The van der Waals surface area contributed by atoms with E-state index in [9.17, 15) is 0 Å². The molecule has 0 amide bonds. The minimum absolute atomic E-state index is 0.475. The van der Waals surface area contributed by atoms with Gasteiger partial charge in [-0.1, -0.05) is 17.8 Å². The Morgan fingerprint density at radius 2 is 2.15 bits per heavy atom. The molecule has 0 radical (unpaired) electrons. The highest BCUT2D eigenvalue weighted by Crippen LogP contribution is 2.38. The molecule has 1 aliphatic rings. The zero-order chi connectivity index (χ0) is 13.7. The summed E-state index contributed by atoms with van der Waals surface area (Å²) in [5.41, 5.74) is 6.65. The number of aromatic nitrogens is 5. The normalized spacial score (nSPS) is 15.9. The van der Waals surface area contributed by atoms with Crippen LogP contribution in [0.5, 0.6) is 0 Å². The van der Waals surface area contributed by atoms with Crippen LogP contribution in [0.25, 0.3) is 14.8 Å². The Balaban J connectivity index is 1.80. The van der Waals surface area contributed by atoms with Crippen LogP contribution in [0.4, 0.5) is 0 Å². The molecule has 2 N–H and O–H groups in total. The van der Waals surface area contributed by atoms with Crippen LogP contribution in [0.15, 0.2) is 0 Å². The lowest BCUT2D eigenvalue weighted by Gasteiger charge is -2.22. The largest absolute Gasteiger partial charge is 0.325 e. The molecule has 3 heterocycles. The summed E-state index contributed by atoms with van der Waals surface area (Å²) in [5, 5.41) is 15.1. The Hall–Kier alpha value is -1.38. The van der Waals surface area contributed by atoms with E-state index in [2.05, 4.69) is 15.2 Å². The molecule has 1 saturated carbocycles. The maximum atomic E-state index is 5.66. The van der Waals surface area contributed by atoms with Crippen LogP contribution in [0.2, 0.25) is 0 Å². The minimum atomic E-state index is 0.475. The van der Waals surface area contributed by atoms with E-state index in [0.717, 1.165) is 31.4 Å². The van der Waals surface area contributed by atoms with E-state index < -0.39 is 0 Å². The van der Waals surface area contributed by atoms with Gasteiger partial charge in [0.25, 0.3) is 0 Å². The summed E-state index contributed by atoms with van der Waals surface area (Å²) in [6.07, 6.45) is 3.68. The maximum Gasteiger partial charge on any atom is 0.235 e. The van der Waals surface area contributed by atoms with Gasteiger partial charge in [0.05, 0.1) is 10.6 Å². The van der Waals surface area contributed by atoms with Gasteiger partial charge in [0.15, 0.2) is 10.8 Å². The van der Waals surface area contributed by atoms with Crippen molar-refractivity contribution in [3.8, 4) is 9.88 Å². The number of thiazole rings is 1. The molecule has 1 aliphatic carbocycles. The van der Waals surface area contributed by atoms with Gasteiger partial charge in [-0.25, -0.2) is 4.98 Å². The third-order valence-corrected chi connectivity index (χ3v) is 5.93. The van der Waals surface area contributed by atoms with Gasteiger partial charge in [-0.15, -0.1) is 21.5 Å². The van der Waals surface area contributed by atoms with E-state index in [1.807, 2.05) is 11.4 Å². The first kappa shape index (κ1) is 12.4. The molecule has 0 spiro atoms. The van der Waals surface area contributed by atoms with Crippen molar-refractivity contribution in [1.82, 2.24) is 24.8 Å². The van der Waals surface area contributed by atoms with Gasteiger partial charge < -0.3 is 5.73 Å². The van der Waals surface area contributed by atoms with Crippen molar-refractivity contribution in [3.63, 3.8) is 0 Å². The van der Waals surface area contributed by atoms with Gasteiger partial charge >= 0.3 is 0 Å². The molecule has 0 atom stereocenters. The van der Waals surface area contributed by atoms with Crippen molar-refractivity contribution in [1.29, 1.82) is 0 Å². The molecule has 0 unspecified atom stereocenters. The Morgan fingerprint density at radius 3 is 2.80 bits per heavy atom. The molecule has 8 heteroatoms. The SMILES string of the molecule is Cc1nc(CN)sc1-c1nn2c(C3CCC3)nnc2s1. The maximum absolute atomic E-state index is 5.66. The van der Waals surface area contributed by atoms with Crippen LogP contribution >= 0.6 is 22.7 Å². The summed E-state index contributed by atoms with van der Waals surface area (Å²) in [6.45, 7) is 2.48. The van der Waals surface area contributed by atoms with E-state index in [1.54, 1.807) is 22.7 Å². The van der Waals surface area contributed by atoms with E-state index in [0.29, 0.717) is 12.5 Å². The lowest BCUT2D eigenvalue weighted by molar-refractivity contribution is 0.395. The van der Waals surface area contributed by atoms with Crippen molar-refractivity contribution in [2.45, 2.75) is 38.6 Å². The Kier molecular flexibility index (Phi) is 2.83. The second kappa shape index (κ2) is 4.57. The zero-order valence-corrected chi connectivity index (χ0v) is 12.7. The first-order chi connectivity index (χ1) is 9.76. The Labute approximate surface area is 123 Å². The topological polar surface area (TPSA) is 82.0 Å². The average Bonchev–Trinajstić information content (AvgIpc) is 3.02. The van der Waals surface area contributed by atoms with Gasteiger partial charge in [-0.3, -0.25) is 0 Å². The van der Waals surface area contributed by atoms with Gasteiger partial charge in [-0.05, 0) is 19.8 Å². The third kappa shape index (κ3) is 1.79. The fraction of sp³-hybridized carbons (Fsp3) is 0.500. The third-order valence-electron chi connectivity index (χ3n) is 3.70. The van der Waals surface area contributed by atoms with E-state index >= 15 is 0 Å². The molecule has 4 rings (SSSR count). The molecule has 0 aromatic carbocycles. The molecule has 6 nitrogen and oxygen atoms in total. The number of nitrogens with zero attached hydrogens (tertiary/aromatic N) is 5. The fourth-order valence-electron chi connectivity index (χ4n) is 2.38. The average molecular weight is 306 g/mol. The molecular weight excluding hydrogens is 292 g/mol. The van der Waals surface area contributed by atoms with Crippen molar-refractivity contribution in [3.05, 3.63) is 16.5 Å². The van der Waals surface area contributed by atoms with Gasteiger partial charge in [0, 0.05) is 12.5 Å². The summed E-state index contributed by atoms with van der Waals surface area (Å²) in [5.74, 6) is 1.54. The number of nitrogens with two attached hydrogens (primary N) is 1. The molecule has 0 saturated heterocycles. The summed E-state index contributed by atoms with van der Waals surface area (Å²) in [6, 6.07) is 0. The number of rotatable bonds is 3. The Morgan fingerprint density at radius 1 is 1.30 bits per heavy atom. The second-order valence-electron chi connectivity index (χ2n) is 5.01. The zero-order valence-electron chi connectivity index (χ0n) is 11.0. The number of hydrogen-bond donors (Lipinski definition) is 1. The lowest BCUT2D eigenvalue weighted by atomic mass is 9.85. The molecule has 104 valence electrons. The van der Waals surface area contributed by atoms with E-state index in [1.165, 1.54) is 19.3 Å². The van der Waals surface area contributed by atoms with E-state index in [4.69, 9.17) is 10.8 Å². The molecule has 0 bridgehead atoms. The highest BCUT2D eigenvalue weighted by molar-refractivity contribution is 7.24. The van der Waals surface area contributed by atoms with Crippen LogP contribution in [0.1, 0.15) is 41.7 Å². The first-order valence-electron chi connectivity index (χ1n) is 6.65. The van der Waals surface area contributed by atoms with Gasteiger partial charge in [0.1, 0.15) is 5.01 Å². The van der Waals surface area contributed by atoms with Crippen molar-refractivity contribution in [2.75, 3.05) is 0 Å². The van der Waals surface area contributed by atoms with Crippen LogP contribution < -0.4 is 5.73 Å². The number of fused-ring (bicyclic) bond motifs is 1. The van der Waals surface area contributed by atoms with Gasteiger partial charge in [-0.2, -0.15) is 9.61 Å². The van der Waals surface area contributed by atoms with Crippen molar-refractivity contribution >= 4 is 27.6 Å². The molecule has 20 heavy (non-hydrogen) atoms. The van der Waals surface area contributed by atoms with Crippen LogP contribution in [-0.4, -0.2) is 24.8 Å². The number of aryl methyl sites for hydroxylation is 1. The summed E-state index contributed by atoms with van der Waals surface area (Å²) < 4.78 is 1.91. The monoisotopic (exact) mass is 306 g/mol. The molecule has 3 aromatic heterocycles. The first-order valence-corrected chi connectivity index (χ1v) is 8.28.